The molecule has 0 saturated carbocycles. The van der Waals surface area contributed by atoms with Gasteiger partial charge in [-0.05, 0) is 5.41 Å². The molecular weight excluding hydrogens is 112 g/mol. The van der Waals surface area contributed by atoms with Gasteiger partial charge in [0, 0.05) is 12.6 Å². The molecule has 0 bridgehead atoms. The van der Waals surface area contributed by atoms with E-state index >= 15 is 0 Å². The van der Waals surface area contributed by atoms with Gasteiger partial charge in [-0.1, -0.05) is 20.8 Å². The highest BCUT2D eigenvalue weighted by atomic mass is 15.3. The van der Waals surface area contributed by atoms with Crippen LogP contribution in [0.3, 0.4) is 0 Å². The SMILES string of the molecule is CC(C)(C)C1CC=NN1. The molecular formula is C7H14N2. The van der Waals surface area contributed by atoms with Crippen LogP contribution in [-0.2, 0) is 0 Å². The summed E-state index contributed by atoms with van der Waals surface area (Å²) >= 11 is 0. The minimum absolute atomic E-state index is 0.344. The average molecular weight is 126 g/mol. The van der Waals surface area contributed by atoms with E-state index in [4.69, 9.17) is 0 Å². The number of hydrogen-bond acceptors (Lipinski definition) is 2. The lowest BCUT2D eigenvalue weighted by Crippen LogP contribution is -2.33. The van der Waals surface area contributed by atoms with Crippen LogP contribution < -0.4 is 5.43 Å². The second-order valence-corrected chi connectivity index (χ2v) is 3.60. The van der Waals surface area contributed by atoms with Crippen LogP contribution in [0.25, 0.3) is 0 Å². The maximum absolute atomic E-state index is 3.96. The average Bonchev–Trinajstić information content (AvgIpc) is 2.08. The Labute approximate surface area is 56.3 Å². The summed E-state index contributed by atoms with van der Waals surface area (Å²) in [5.41, 5.74) is 3.41. The van der Waals surface area contributed by atoms with Crippen LogP contribution in [0.2, 0.25) is 0 Å². The molecule has 1 atom stereocenters. The van der Waals surface area contributed by atoms with E-state index in [-0.39, 0.29) is 0 Å². The Kier molecular flexibility index (Phi) is 1.47. The van der Waals surface area contributed by atoms with Gasteiger partial charge in [-0.3, -0.25) is 0 Å². The Balaban J connectivity index is 2.46. The highest BCUT2D eigenvalue weighted by Gasteiger charge is 2.25. The third-order valence-corrected chi connectivity index (χ3v) is 1.71. The molecule has 0 spiro atoms. The first kappa shape index (κ1) is 6.59. The van der Waals surface area contributed by atoms with Crippen LogP contribution in [0.1, 0.15) is 27.2 Å². The minimum atomic E-state index is 0.344. The predicted molar refractivity (Wildman–Crippen MR) is 39.5 cm³/mol. The summed E-state index contributed by atoms with van der Waals surface area (Å²) in [6, 6.07) is 0.539. The summed E-state index contributed by atoms with van der Waals surface area (Å²) in [6.07, 6.45) is 3.01. The predicted octanol–water partition coefficient (Wildman–Crippen LogP) is 1.38. The van der Waals surface area contributed by atoms with E-state index in [9.17, 15) is 0 Å². The zero-order chi connectivity index (χ0) is 6.91. The van der Waals surface area contributed by atoms with Crippen molar-refractivity contribution in [2.75, 3.05) is 0 Å². The summed E-state index contributed by atoms with van der Waals surface area (Å²) in [6.45, 7) is 6.66. The molecule has 0 fully saturated rings. The fourth-order valence-corrected chi connectivity index (χ4v) is 0.901. The van der Waals surface area contributed by atoms with Crippen LogP contribution in [0, 0.1) is 5.41 Å². The lowest BCUT2D eigenvalue weighted by Gasteiger charge is -2.25. The molecule has 1 aliphatic rings. The summed E-state index contributed by atoms with van der Waals surface area (Å²) < 4.78 is 0. The Morgan fingerprint density at radius 2 is 2.22 bits per heavy atom. The van der Waals surface area contributed by atoms with Crippen molar-refractivity contribution in [1.82, 2.24) is 5.43 Å². The van der Waals surface area contributed by atoms with Crippen LogP contribution in [0.4, 0.5) is 0 Å². The van der Waals surface area contributed by atoms with Crippen molar-refractivity contribution < 1.29 is 0 Å². The normalized spacial score (nSPS) is 26.3. The third kappa shape index (κ3) is 1.44. The monoisotopic (exact) mass is 126 g/mol. The van der Waals surface area contributed by atoms with Crippen molar-refractivity contribution in [3.8, 4) is 0 Å². The van der Waals surface area contributed by atoms with E-state index in [0.717, 1.165) is 6.42 Å². The summed E-state index contributed by atoms with van der Waals surface area (Å²) in [5, 5.41) is 3.96. The summed E-state index contributed by atoms with van der Waals surface area (Å²) in [7, 11) is 0. The Bertz CT molecular complexity index is 113. The summed E-state index contributed by atoms with van der Waals surface area (Å²) in [4.78, 5) is 0. The van der Waals surface area contributed by atoms with E-state index in [1.807, 2.05) is 6.21 Å². The Morgan fingerprint density at radius 1 is 1.56 bits per heavy atom. The molecule has 0 saturated heterocycles. The first-order valence-electron chi connectivity index (χ1n) is 3.38. The molecule has 0 aromatic carbocycles. The molecule has 9 heavy (non-hydrogen) atoms. The number of hydrazone groups is 1. The lowest BCUT2D eigenvalue weighted by molar-refractivity contribution is 0.291. The van der Waals surface area contributed by atoms with E-state index in [2.05, 4.69) is 31.3 Å². The maximum atomic E-state index is 3.96. The molecule has 0 radical (unpaired) electrons. The zero-order valence-electron chi connectivity index (χ0n) is 6.31. The van der Waals surface area contributed by atoms with Crippen molar-refractivity contribution in [2.24, 2.45) is 10.5 Å². The van der Waals surface area contributed by atoms with Gasteiger partial charge in [-0.15, -0.1) is 0 Å². The highest BCUT2D eigenvalue weighted by molar-refractivity contribution is 5.59. The first-order chi connectivity index (χ1) is 4.11. The van der Waals surface area contributed by atoms with Gasteiger partial charge in [0.2, 0.25) is 0 Å². The molecule has 1 heterocycles. The molecule has 1 rings (SSSR count). The first-order valence-corrected chi connectivity index (χ1v) is 3.38. The van der Waals surface area contributed by atoms with Crippen molar-refractivity contribution in [1.29, 1.82) is 0 Å². The van der Waals surface area contributed by atoms with Gasteiger partial charge in [0.25, 0.3) is 0 Å². The van der Waals surface area contributed by atoms with Gasteiger partial charge in [-0.2, -0.15) is 5.10 Å². The standard InChI is InChI=1S/C7H14N2/c1-7(2,3)6-4-5-8-9-6/h5-6,9H,4H2,1-3H3. The van der Waals surface area contributed by atoms with Gasteiger partial charge >= 0.3 is 0 Å². The third-order valence-electron chi connectivity index (χ3n) is 1.71. The second-order valence-electron chi connectivity index (χ2n) is 3.60. The molecule has 0 amide bonds. The van der Waals surface area contributed by atoms with Crippen LogP contribution in [0.15, 0.2) is 5.10 Å². The van der Waals surface area contributed by atoms with Crippen LogP contribution >= 0.6 is 0 Å². The van der Waals surface area contributed by atoms with Gasteiger partial charge in [0.1, 0.15) is 0 Å². The molecule has 0 aromatic rings. The Hall–Kier alpha value is -0.530. The minimum Gasteiger partial charge on any atom is -0.306 e. The molecule has 0 aromatic heterocycles. The fraction of sp³-hybridized carbons (Fsp3) is 0.857. The summed E-state index contributed by atoms with van der Waals surface area (Å²) in [5.74, 6) is 0. The van der Waals surface area contributed by atoms with Crippen molar-refractivity contribution >= 4 is 6.21 Å². The van der Waals surface area contributed by atoms with Gasteiger partial charge in [-0.25, -0.2) is 0 Å². The highest BCUT2D eigenvalue weighted by Crippen LogP contribution is 2.22. The molecule has 2 heteroatoms. The second kappa shape index (κ2) is 2.01. The molecule has 52 valence electrons. The zero-order valence-corrected chi connectivity index (χ0v) is 6.31. The Morgan fingerprint density at radius 3 is 2.44 bits per heavy atom. The van der Waals surface area contributed by atoms with Gasteiger partial charge < -0.3 is 5.43 Å². The quantitative estimate of drug-likeness (QED) is 0.521. The lowest BCUT2D eigenvalue weighted by atomic mass is 9.86. The van der Waals surface area contributed by atoms with Crippen molar-refractivity contribution in [3.05, 3.63) is 0 Å². The number of rotatable bonds is 0. The van der Waals surface area contributed by atoms with E-state index < -0.39 is 0 Å². The van der Waals surface area contributed by atoms with E-state index in [1.165, 1.54) is 0 Å². The molecule has 1 aliphatic heterocycles. The largest absolute Gasteiger partial charge is 0.306 e. The van der Waals surface area contributed by atoms with E-state index in [0.29, 0.717) is 11.5 Å². The molecule has 1 unspecified atom stereocenters. The van der Waals surface area contributed by atoms with E-state index in [1.54, 1.807) is 0 Å². The fourth-order valence-electron chi connectivity index (χ4n) is 0.901. The topological polar surface area (TPSA) is 24.4 Å². The van der Waals surface area contributed by atoms with Crippen molar-refractivity contribution in [2.45, 2.75) is 33.2 Å². The van der Waals surface area contributed by atoms with Gasteiger partial charge in [0.05, 0.1) is 6.04 Å². The number of nitrogens with one attached hydrogen (secondary N) is 1. The maximum Gasteiger partial charge on any atom is 0.0538 e. The molecule has 2 nitrogen and oxygen atoms in total. The smallest absolute Gasteiger partial charge is 0.0538 e. The number of nitrogens with zero attached hydrogens (tertiary/aromatic N) is 1. The number of hydrogen-bond donors (Lipinski definition) is 1. The van der Waals surface area contributed by atoms with Gasteiger partial charge in [0.15, 0.2) is 0 Å². The van der Waals surface area contributed by atoms with Crippen LogP contribution in [-0.4, -0.2) is 12.3 Å². The molecule has 1 N–H and O–H groups in total. The van der Waals surface area contributed by atoms with Crippen LogP contribution in [0.5, 0.6) is 0 Å². The molecule has 0 aliphatic carbocycles. The van der Waals surface area contributed by atoms with Crippen molar-refractivity contribution in [3.63, 3.8) is 0 Å².